The summed E-state index contributed by atoms with van der Waals surface area (Å²) in [6.45, 7) is 0. The molecule has 0 atom stereocenters. The van der Waals surface area contributed by atoms with Gasteiger partial charge < -0.3 is 5.11 Å². The van der Waals surface area contributed by atoms with E-state index in [1.54, 1.807) is 12.2 Å². The van der Waals surface area contributed by atoms with Crippen molar-refractivity contribution < 1.29 is 9.90 Å². The van der Waals surface area contributed by atoms with Crippen LogP contribution in [0.1, 0.15) is 12.8 Å². The highest BCUT2D eigenvalue weighted by Crippen LogP contribution is 1.88. The molecule has 3 heteroatoms. The van der Waals surface area contributed by atoms with Crippen molar-refractivity contribution >= 4 is 5.97 Å². The van der Waals surface area contributed by atoms with Gasteiger partial charge in [0.05, 0.1) is 6.07 Å². The molecule has 0 aromatic heterocycles. The maximum absolute atomic E-state index is 9.92. The number of carbonyl (C=O) groups is 1. The van der Waals surface area contributed by atoms with E-state index in [2.05, 4.69) is 0 Å². The van der Waals surface area contributed by atoms with Gasteiger partial charge in [0.15, 0.2) is 0 Å². The van der Waals surface area contributed by atoms with Crippen LogP contribution in [-0.4, -0.2) is 11.1 Å². The summed E-state index contributed by atoms with van der Waals surface area (Å²) in [5.74, 6) is -0.963. The van der Waals surface area contributed by atoms with E-state index in [9.17, 15) is 4.79 Å². The molecule has 0 aliphatic carbocycles. The molecule has 0 radical (unpaired) electrons. The van der Waals surface area contributed by atoms with Crippen molar-refractivity contribution in [3.63, 3.8) is 0 Å². The Hall–Kier alpha value is -1.56. The number of allylic oxidation sites excluding steroid dienone is 3. The molecule has 0 aromatic rings. The van der Waals surface area contributed by atoms with Crippen molar-refractivity contribution in [2.75, 3.05) is 0 Å². The number of rotatable bonds is 4. The van der Waals surface area contributed by atoms with Gasteiger partial charge in [-0.05, 0) is 6.42 Å². The minimum absolute atomic E-state index is 0.470. The van der Waals surface area contributed by atoms with Crippen molar-refractivity contribution in [1.29, 1.82) is 5.26 Å². The van der Waals surface area contributed by atoms with Gasteiger partial charge in [-0.2, -0.15) is 5.26 Å². The van der Waals surface area contributed by atoms with Crippen LogP contribution in [0.25, 0.3) is 0 Å². The Morgan fingerprint density at radius 3 is 2.82 bits per heavy atom. The van der Waals surface area contributed by atoms with Crippen LogP contribution in [0.15, 0.2) is 24.3 Å². The Kier molecular flexibility index (Phi) is 5.63. The van der Waals surface area contributed by atoms with Gasteiger partial charge in [0.1, 0.15) is 0 Å². The summed E-state index contributed by atoms with van der Waals surface area (Å²) < 4.78 is 0. The molecule has 0 amide bonds. The largest absolute Gasteiger partial charge is 0.478 e. The third-order valence-corrected chi connectivity index (χ3v) is 0.909. The highest BCUT2D eigenvalue weighted by molar-refractivity contribution is 5.80. The van der Waals surface area contributed by atoms with Crippen molar-refractivity contribution in [3.05, 3.63) is 24.3 Å². The molecule has 0 rings (SSSR count). The predicted octanol–water partition coefficient (Wildman–Crippen LogP) is 1.49. The fraction of sp³-hybridized carbons (Fsp3) is 0.250. The van der Waals surface area contributed by atoms with E-state index in [1.807, 2.05) is 6.07 Å². The molecule has 1 N–H and O–H groups in total. The molecule has 0 saturated carbocycles. The summed E-state index contributed by atoms with van der Waals surface area (Å²) in [5.41, 5.74) is 0. The molecule has 11 heavy (non-hydrogen) atoms. The molecule has 0 aromatic carbocycles. The van der Waals surface area contributed by atoms with Gasteiger partial charge in [0.2, 0.25) is 0 Å². The number of hydrogen-bond donors (Lipinski definition) is 1. The molecule has 0 fully saturated rings. The molecule has 58 valence electrons. The lowest BCUT2D eigenvalue weighted by Gasteiger charge is -1.78. The molecule has 0 unspecified atom stereocenters. The fourth-order valence-electron chi connectivity index (χ4n) is 0.461. The average molecular weight is 151 g/mol. The van der Waals surface area contributed by atoms with Crippen LogP contribution >= 0.6 is 0 Å². The van der Waals surface area contributed by atoms with Crippen molar-refractivity contribution in [2.45, 2.75) is 12.8 Å². The highest BCUT2D eigenvalue weighted by Gasteiger charge is 1.80. The van der Waals surface area contributed by atoms with E-state index >= 15 is 0 Å². The standard InChI is InChI=1S/C8H9NO2/c9-7-5-3-1-2-4-6-8(10)11/h1-2,4,6H,3,5H2,(H,10,11). The van der Waals surface area contributed by atoms with Crippen molar-refractivity contribution in [3.8, 4) is 6.07 Å². The normalized spacial score (nSPS) is 10.5. The second kappa shape index (κ2) is 6.56. The number of unbranched alkanes of at least 4 members (excludes halogenated alkanes) is 1. The van der Waals surface area contributed by atoms with E-state index in [0.717, 1.165) is 6.08 Å². The average Bonchev–Trinajstić information content (AvgIpc) is 1.96. The van der Waals surface area contributed by atoms with E-state index < -0.39 is 5.97 Å². The van der Waals surface area contributed by atoms with Crippen molar-refractivity contribution in [1.82, 2.24) is 0 Å². The van der Waals surface area contributed by atoms with Gasteiger partial charge in [-0.15, -0.1) is 0 Å². The molecule has 0 saturated heterocycles. The maximum atomic E-state index is 9.92. The molecule has 0 aliphatic heterocycles. The first-order chi connectivity index (χ1) is 5.27. The Morgan fingerprint density at radius 1 is 1.55 bits per heavy atom. The highest BCUT2D eigenvalue weighted by atomic mass is 16.4. The van der Waals surface area contributed by atoms with Gasteiger partial charge >= 0.3 is 5.97 Å². The first-order valence-corrected chi connectivity index (χ1v) is 3.20. The third kappa shape index (κ3) is 8.44. The zero-order valence-corrected chi connectivity index (χ0v) is 6.03. The smallest absolute Gasteiger partial charge is 0.328 e. The lowest BCUT2D eigenvalue weighted by Crippen LogP contribution is -1.84. The monoisotopic (exact) mass is 151 g/mol. The molecule has 3 nitrogen and oxygen atoms in total. The topological polar surface area (TPSA) is 61.1 Å². The van der Waals surface area contributed by atoms with Gasteiger partial charge in [-0.1, -0.05) is 18.2 Å². The van der Waals surface area contributed by atoms with Gasteiger partial charge in [0, 0.05) is 12.5 Å². The molecule has 0 heterocycles. The number of carboxylic acid groups (broad SMARTS) is 1. The molecule has 0 spiro atoms. The van der Waals surface area contributed by atoms with E-state index in [4.69, 9.17) is 10.4 Å². The van der Waals surface area contributed by atoms with Crippen LogP contribution in [0.2, 0.25) is 0 Å². The van der Waals surface area contributed by atoms with Crippen LogP contribution in [0.4, 0.5) is 0 Å². The first kappa shape index (κ1) is 9.44. The summed E-state index contributed by atoms with van der Waals surface area (Å²) in [4.78, 5) is 9.92. The lowest BCUT2D eigenvalue weighted by atomic mass is 10.3. The Labute approximate surface area is 65.3 Å². The summed E-state index contributed by atoms with van der Waals surface area (Å²) in [6.07, 6.45) is 6.98. The zero-order chi connectivity index (χ0) is 8.53. The summed E-state index contributed by atoms with van der Waals surface area (Å²) in [7, 11) is 0. The van der Waals surface area contributed by atoms with Gasteiger partial charge in [-0.3, -0.25) is 0 Å². The summed E-state index contributed by atoms with van der Waals surface area (Å²) in [6, 6.07) is 1.98. The van der Waals surface area contributed by atoms with Crippen LogP contribution in [-0.2, 0) is 4.79 Å². The Morgan fingerprint density at radius 2 is 2.27 bits per heavy atom. The number of aliphatic carboxylic acids is 1. The van der Waals surface area contributed by atoms with Crippen molar-refractivity contribution in [2.24, 2.45) is 0 Å². The van der Waals surface area contributed by atoms with E-state index in [-0.39, 0.29) is 0 Å². The molecular weight excluding hydrogens is 142 g/mol. The number of nitrogens with zero attached hydrogens (tertiary/aromatic N) is 1. The third-order valence-electron chi connectivity index (χ3n) is 0.909. The van der Waals surface area contributed by atoms with Crippen LogP contribution < -0.4 is 0 Å². The summed E-state index contributed by atoms with van der Waals surface area (Å²) >= 11 is 0. The maximum Gasteiger partial charge on any atom is 0.328 e. The second-order valence-electron chi connectivity index (χ2n) is 1.82. The lowest BCUT2D eigenvalue weighted by molar-refractivity contribution is -0.131. The quantitative estimate of drug-likeness (QED) is 0.376. The van der Waals surface area contributed by atoms with E-state index in [0.29, 0.717) is 12.8 Å². The van der Waals surface area contributed by atoms with E-state index in [1.165, 1.54) is 6.08 Å². The number of carboxylic acids is 1. The predicted molar refractivity (Wildman–Crippen MR) is 40.8 cm³/mol. The fourth-order valence-corrected chi connectivity index (χ4v) is 0.461. The van der Waals surface area contributed by atoms with Crippen LogP contribution in [0, 0.1) is 11.3 Å². The molecule has 0 bridgehead atoms. The zero-order valence-electron chi connectivity index (χ0n) is 6.03. The summed E-state index contributed by atoms with van der Waals surface area (Å²) in [5, 5.41) is 16.3. The van der Waals surface area contributed by atoms with Gasteiger partial charge in [-0.25, -0.2) is 4.79 Å². The molecule has 0 aliphatic rings. The number of nitriles is 1. The minimum Gasteiger partial charge on any atom is -0.478 e. The minimum atomic E-state index is -0.963. The molecular formula is C8H9NO2. The second-order valence-corrected chi connectivity index (χ2v) is 1.82. The Balaban J connectivity index is 3.46. The van der Waals surface area contributed by atoms with Crippen LogP contribution in [0.3, 0.4) is 0 Å². The number of hydrogen-bond acceptors (Lipinski definition) is 2. The van der Waals surface area contributed by atoms with Crippen LogP contribution in [0.5, 0.6) is 0 Å². The van der Waals surface area contributed by atoms with Gasteiger partial charge in [0.25, 0.3) is 0 Å². The Bertz CT molecular complexity index is 211. The SMILES string of the molecule is N#CCCC=CC=CC(=O)O. The first-order valence-electron chi connectivity index (χ1n) is 3.20.